The van der Waals surface area contributed by atoms with Crippen LogP contribution in [0.25, 0.3) is 111 Å². The highest BCUT2D eigenvalue weighted by atomic mass is 16.3. The minimum Gasteiger partial charge on any atom is -0.456 e. The van der Waals surface area contributed by atoms with Crippen LogP contribution in [0, 0.1) is 0 Å². The van der Waals surface area contributed by atoms with Gasteiger partial charge in [-0.05, 0) is 58.1 Å². The molecular formula is C47H27N3O2. The fraction of sp³-hybridized carbons (Fsp3) is 0. The number of hydrogen-bond acceptors (Lipinski definition) is 5. The summed E-state index contributed by atoms with van der Waals surface area (Å²) in [4.78, 5) is 15.6. The Morgan fingerprint density at radius 1 is 0.308 bits per heavy atom. The second-order valence-electron chi connectivity index (χ2n) is 13.2. The number of aromatic nitrogens is 3. The molecule has 0 spiro atoms. The SMILES string of the molecule is c1ccc(-c2cccc3c2oc2c4ccccc4c(-c4nc(-c5ccc6ccccc6c5)nc(-c5ccc6oc7ccccc7c6c5)n4)cc32)cc1. The molecule has 0 saturated carbocycles. The molecule has 0 aliphatic carbocycles. The van der Waals surface area contributed by atoms with E-state index in [4.69, 9.17) is 23.8 Å². The van der Waals surface area contributed by atoms with Gasteiger partial charge in [-0.3, -0.25) is 0 Å². The topological polar surface area (TPSA) is 65.0 Å². The van der Waals surface area contributed by atoms with Crippen LogP contribution in [0.15, 0.2) is 173 Å². The molecule has 11 rings (SSSR count). The molecule has 0 radical (unpaired) electrons. The molecule has 0 saturated heterocycles. The summed E-state index contributed by atoms with van der Waals surface area (Å²) in [5, 5.41) is 8.44. The lowest BCUT2D eigenvalue weighted by atomic mass is 9.98. The molecule has 0 fully saturated rings. The number of nitrogens with zero attached hydrogens (tertiary/aromatic N) is 3. The van der Waals surface area contributed by atoms with Crippen molar-refractivity contribution < 1.29 is 8.83 Å². The Morgan fingerprint density at radius 3 is 1.81 bits per heavy atom. The predicted molar refractivity (Wildman–Crippen MR) is 211 cm³/mol. The number of fused-ring (bicyclic) bond motifs is 9. The van der Waals surface area contributed by atoms with Crippen molar-refractivity contribution in [3.05, 3.63) is 164 Å². The summed E-state index contributed by atoms with van der Waals surface area (Å²) in [6.07, 6.45) is 0. The van der Waals surface area contributed by atoms with E-state index in [0.717, 1.165) is 93.2 Å². The third kappa shape index (κ3) is 4.46. The van der Waals surface area contributed by atoms with Crippen LogP contribution < -0.4 is 0 Å². The van der Waals surface area contributed by atoms with Gasteiger partial charge in [0.25, 0.3) is 0 Å². The third-order valence-corrected chi connectivity index (χ3v) is 10.1. The molecule has 0 aliphatic rings. The van der Waals surface area contributed by atoms with Crippen molar-refractivity contribution in [2.45, 2.75) is 0 Å². The van der Waals surface area contributed by atoms with Crippen molar-refractivity contribution in [3.8, 4) is 45.3 Å². The minimum absolute atomic E-state index is 0.591. The summed E-state index contributed by atoms with van der Waals surface area (Å²) in [6, 6.07) is 56.3. The zero-order chi connectivity index (χ0) is 34.2. The molecule has 0 N–H and O–H groups in total. The first-order valence-electron chi connectivity index (χ1n) is 17.3. The Morgan fingerprint density at radius 2 is 0.942 bits per heavy atom. The highest BCUT2D eigenvalue weighted by molar-refractivity contribution is 6.20. The van der Waals surface area contributed by atoms with Gasteiger partial charge in [-0.25, -0.2) is 15.0 Å². The molecule has 8 aromatic carbocycles. The standard InChI is InChI=1S/C47H27N3O2/c1-2-12-29(13-3-1)33-18-10-19-37-39-27-40(34-15-6-7-17-36(34)44(39)52-43(33)37)47-49-45(31-22-21-28-11-4-5-14-30(28)25-31)48-46(50-47)32-23-24-42-38(26-32)35-16-8-9-20-41(35)51-42/h1-27H. The van der Waals surface area contributed by atoms with Gasteiger partial charge in [-0.1, -0.05) is 127 Å². The molecule has 242 valence electrons. The smallest absolute Gasteiger partial charge is 0.164 e. The minimum atomic E-state index is 0.591. The Bertz CT molecular complexity index is 3190. The van der Waals surface area contributed by atoms with E-state index in [9.17, 15) is 0 Å². The normalized spacial score (nSPS) is 11.8. The molecule has 11 aromatic rings. The molecule has 5 heteroatoms. The summed E-state index contributed by atoms with van der Waals surface area (Å²) in [5.41, 5.74) is 8.28. The molecule has 0 bridgehead atoms. The number of rotatable bonds is 4. The highest BCUT2D eigenvalue weighted by Gasteiger charge is 2.21. The van der Waals surface area contributed by atoms with Gasteiger partial charge >= 0.3 is 0 Å². The average Bonchev–Trinajstić information content (AvgIpc) is 3.79. The fourth-order valence-electron chi connectivity index (χ4n) is 7.60. The van der Waals surface area contributed by atoms with Crippen molar-refractivity contribution in [1.82, 2.24) is 15.0 Å². The maximum absolute atomic E-state index is 6.78. The van der Waals surface area contributed by atoms with Crippen LogP contribution in [0.1, 0.15) is 0 Å². The van der Waals surface area contributed by atoms with Crippen LogP contribution >= 0.6 is 0 Å². The summed E-state index contributed by atoms with van der Waals surface area (Å²) >= 11 is 0. The summed E-state index contributed by atoms with van der Waals surface area (Å²) in [6.45, 7) is 0. The first kappa shape index (κ1) is 28.7. The molecule has 0 amide bonds. The predicted octanol–water partition coefficient (Wildman–Crippen LogP) is 12.6. The van der Waals surface area contributed by atoms with Crippen molar-refractivity contribution >= 4 is 65.4 Å². The van der Waals surface area contributed by atoms with E-state index in [-0.39, 0.29) is 0 Å². The van der Waals surface area contributed by atoms with E-state index in [1.54, 1.807) is 0 Å². The van der Waals surface area contributed by atoms with Crippen molar-refractivity contribution in [1.29, 1.82) is 0 Å². The second-order valence-corrected chi connectivity index (χ2v) is 13.2. The van der Waals surface area contributed by atoms with Gasteiger partial charge in [0.05, 0.1) is 0 Å². The highest BCUT2D eigenvalue weighted by Crippen LogP contribution is 2.42. The number of furan rings is 2. The molecule has 0 aliphatic heterocycles. The number of hydrogen-bond donors (Lipinski definition) is 0. The number of benzene rings is 8. The maximum Gasteiger partial charge on any atom is 0.164 e. The Kier molecular flexibility index (Phi) is 6.18. The lowest BCUT2D eigenvalue weighted by Gasteiger charge is -2.11. The van der Waals surface area contributed by atoms with Crippen LogP contribution in [-0.2, 0) is 0 Å². The largest absolute Gasteiger partial charge is 0.456 e. The van der Waals surface area contributed by atoms with E-state index in [2.05, 4.69) is 127 Å². The lowest BCUT2D eigenvalue weighted by molar-refractivity contribution is 0.669. The van der Waals surface area contributed by atoms with Crippen molar-refractivity contribution in [3.63, 3.8) is 0 Å². The molecular weight excluding hydrogens is 639 g/mol. The van der Waals surface area contributed by atoms with Gasteiger partial charge in [0, 0.05) is 49.2 Å². The van der Waals surface area contributed by atoms with E-state index in [0.29, 0.717) is 17.5 Å². The van der Waals surface area contributed by atoms with Crippen LogP contribution in [-0.4, -0.2) is 15.0 Å². The van der Waals surface area contributed by atoms with Gasteiger partial charge in [-0.2, -0.15) is 0 Å². The summed E-state index contributed by atoms with van der Waals surface area (Å²) in [5.74, 6) is 1.79. The molecule has 3 heterocycles. The molecule has 0 atom stereocenters. The Labute approximate surface area is 297 Å². The first-order chi connectivity index (χ1) is 25.7. The fourth-order valence-corrected chi connectivity index (χ4v) is 7.60. The molecule has 52 heavy (non-hydrogen) atoms. The zero-order valence-corrected chi connectivity index (χ0v) is 27.7. The van der Waals surface area contributed by atoms with Gasteiger partial charge in [0.15, 0.2) is 17.5 Å². The van der Waals surface area contributed by atoms with Gasteiger partial charge in [-0.15, -0.1) is 0 Å². The van der Waals surface area contributed by atoms with Crippen LogP contribution in [0.4, 0.5) is 0 Å². The van der Waals surface area contributed by atoms with E-state index >= 15 is 0 Å². The molecule has 5 nitrogen and oxygen atoms in total. The van der Waals surface area contributed by atoms with Crippen molar-refractivity contribution in [2.75, 3.05) is 0 Å². The lowest BCUT2D eigenvalue weighted by Crippen LogP contribution is -2.00. The average molecular weight is 666 g/mol. The Hall–Kier alpha value is -7.11. The quantitative estimate of drug-likeness (QED) is 0.187. The monoisotopic (exact) mass is 665 g/mol. The van der Waals surface area contributed by atoms with Gasteiger partial charge in [0.1, 0.15) is 22.3 Å². The van der Waals surface area contributed by atoms with Gasteiger partial charge < -0.3 is 8.83 Å². The third-order valence-electron chi connectivity index (χ3n) is 10.1. The van der Waals surface area contributed by atoms with Gasteiger partial charge in [0.2, 0.25) is 0 Å². The van der Waals surface area contributed by atoms with E-state index in [1.807, 2.05) is 36.4 Å². The second kappa shape index (κ2) is 11.2. The first-order valence-corrected chi connectivity index (χ1v) is 17.3. The maximum atomic E-state index is 6.78. The van der Waals surface area contributed by atoms with E-state index in [1.165, 1.54) is 0 Å². The summed E-state index contributed by atoms with van der Waals surface area (Å²) in [7, 11) is 0. The van der Waals surface area contributed by atoms with Crippen LogP contribution in [0.5, 0.6) is 0 Å². The molecule has 3 aromatic heterocycles. The Balaban J connectivity index is 1.19. The molecule has 0 unspecified atom stereocenters. The zero-order valence-electron chi connectivity index (χ0n) is 27.7. The van der Waals surface area contributed by atoms with E-state index < -0.39 is 0 Å². The number of para-hydroxylation sites is 2. The van der Waals surface area contributed by atoms with Crippen LogP contribution in [0.2, 0.25) is 0 Å². The van der Waals surface area contributed by atoms with Crippen molar-refractivity contribution in [2.24, 2.45) is 0 Å². The van der Waals surface area contributed by atoms with Crippen LogP contribution in [0.3, 0.4) is 0 Å². The summed E-state index contributed by atoms with van der Waals surface area (Å²) < 4.78 is 12.9.